The average molecular weight is 389 g/mol. The van der Waals surface area contributed by atoms with Crippen molar-refractivity contribution in [2.75, 3.05) is 13.1 Å². The topological polar surface area (TPSA) is 47.3 Å². The standard InChI is InChI=1S/C19H21BrN2O2/c1-3-12-21-13-15(2)8-7-11-17-18(20)19(22-24-17)23-14-16-9-5-4-6-10-16/h3-10,21H,1-2,11-14H2/b8-7-. The van der Waals surface area contributed by atoms with E-state index in [0.717, 1.165) is 34.5 Å². The second kappa shape index (κ2) is 9.90. The van der Waals surface area contributed by atoms with Crippen LogP contribution in [0.5, 0.6) is 5.88 Å². The van der Waals surface area contributed by atoms with Gasteiger partial charge in [0.1, 0.15) is 11.1 Å². The molecule has 4 nitrogen and oxygen atoms in total. The van der Waals surface area contributed by atoms with Crippen molar-refractivity contribution in [3.8, 4) is 5.88 Å². The van der Waals surface area contributed by atoms with Gasteiger partial charge in [0.2, 0.25) is 0 Å². The lowest BCUT2D eigenvalue weighted by molar-refractivity contribution is 0.266. The number of nitrogens with one attached hydrogen (secondary N) is 1. The first kappa shape index (κ1) is 18.2. The molecule has 1 aromatic carbocycles. The number of benzene rings is 1. The largest absolute Gasteiger partial charge is 0.470 e. The maximum Gasteiger partial charge on any atom is 0.269 e. The first-order chi connectivity index (χ1) is 11.7. The highest BCUT2D eigenvalue weighted by Crippen LogP contribution is 2.29. The molecule has 0 saturated carbocycles. The molecule has 1 aromatic heterocycles. The molecule has 0 aliphatic heterocycles. The van der Waals surface area contributed by atoms with E-state index in [-0.39, 0.29) is 0 Å². The predicted molar refractivity (Wildman–Crippen MR) is 100 cm³/mol. The molecule has 1 heterocycles. The number of nitrogens with zero attached hydrogens (tertiary/aromatic N) is 1. The van der Waals surface area contributed by atoms with Crippen LogP contribution in [0.15, 0.2) is 76.3 Å². The number of aromatic nitrogens is 1. The molecule has 0 fully saturated rings. The van der Waals surface area contributed by atoms with Crippen LogP contribution < -0.4 is 10.1 Å². The maximum absolute atomic E-state index is 5.68. The third-order valence-corrected chi connectivity index (χ3v) is 3.97. The highest BCUT2D eigenvalue weighted by molar-refractivity contribution is 9.10. The molecular weight excluding hydrogens is 368 g/mol. The van der Waals surface area contributed by atoms with Crippen LogP contribution in [-0.4, -0.2) is 18.2 Å². The Kier molecular flexibility index (Phi) is 7.52. The van der Waals surface area contributed by atoms with Crippen LogP contribution >= 0.6 is 15.9 Å². The van der Waals surface area contributed by atoms with Gasteiger partial charge >= 0.3 is 0 Å². The summed E-state index contributed by atoms with van der Waals surface area (Å²) in [4.78, 5) is 0. The van der Waals surface area contributed by atoms with Crippen LogP contribution in [0.4, 0.5) is 0 Å². The first-order valence-corrected chi connectivity index (χ1v) is 8.46. The number of halogens is 1. The first-order valence-electron chi connectivity index (χ1n) is 7.67. The van der Waals surface area contributed by atoms with Crippen molar-refractivity contribution in [3.05, 3.63) is 83.1 Å². The number of ether oxygens (including phenoxy) is 1. The molecule has 0 aliphatic carbocycles. The van der Waals surface area contributed by atoms with Crippen molar-refractivity contribution in [2.24, 2.45) is 0 Å². The minimum atomic E-state index is 0.451. The van der Waals surface area contributed by atoms with Crippen molar-refractivity contribution in [1.29, 1.82) is 0 Å². The zero-order valence-corrected chi connectivity index (χ0v) is 15.1. The van der Waals surface area contributed by atoms with Gasteiger partial charge in [-0.1, -0.05) is 55.1 Å². The maximum atomic E-state index is 5.68. The SMILES string of the molecule is C=CCNCC(=C)/C=C\Cc1onc(OCc2ccccc2)c1Br. The highest BCUT2D eigenvalue weighted by Gasteiger charge is 2.13. The number of rotatable bonds is 10. The molecule has 5 heteroatoms. The average Bonchev–Trinajstić information content (AvgIpc) is 2.94. The summed E-state index contributed by atoms with van der Waals surface area (Å²) in [5.41, 5.74) is 2.07. The van der Waals surface area contributed by atoms with Gasteiger partial charge in [0.15, 0.2) is 5.76 Å². The minimum Gasteiger partial charge on any atom is -0.470 e. The van der Waals surface area contributed by atoms with E-state index in [2.05, 4.69) is 39.6 Å². The molecule has 126 valence electrons. The molecule has 24 heavy (non-hydrogen) atoms. The van der Waals surface area contributed by atoms with Gasteiger partial charge in [0.05, 0.1) is 0 Å². The zero-order valence-electron chi connectivity index (χ0n) is 13.5. The number of hydrogen-bond donors (Lipinski definition) is 1. The molecule has 0 atom stereocenters. The fraction of sp³-hybridized carbons (Fsp3) is 0.211. The van der Waals surface area contributed by atoms with Crippen LogP contribution in [0, 0.1) is 0 Å². The van der Waals surface area contributed by atoms with Gasteiger partial charge in [-0.3, -0.25) is 0 Å². The molecule has 2 aromatic rings. The summed E-state index contributed by atoms with van der Waals surface area (Å²) in [6, 6.07) is 9.93. The van der Waals surface area contributed by atoms with Crippen LogP contribution in [-0.2, 0) is 13.0 Å². The van der Waals surface area contributed by atoms with E-state index in [1.165, 1.54) is 0 Å². The lowest BCUT2D eigenvalue weighted by Crippen LogP contribution is -2.15. The normalized spacial score (nSPS) is 10.9. The second-order valence-electron chi connectivity index (χ2n) is 5.18. The van der Waals surface area contributed by atoms with E-state index in [1.54, 1.807) is 0 Å². The third kappa shape index (κ3) is 5.83. The summed E-state index contributed by atoms with van der Waals surface area (Å²) in [6.45, 7) is 9.59. The van der Waals surface area contributed by atoms with E-state index in [0.29, 0.717) is 18.9 Å². The van der Waals surface area contributed by atoms with Gasteiger partial charge < -0.3 is 14.6 Å². The lowest BCUT2D eigenvalue weighted by Gasteiger charge is -2.02. The van der Waals surface area contributed by atoms with Gasteiger partial charge in [-0.2, -0.15) is 0 Å². The molecule has 0 spiro atoms. The van der Waals surface area contributed by atoms with Crippen LogP contribution in [0.25, 0.3) is 0 Å². The quantitative estimate of drug-likeness (QED) is 0.371. The molecule has 1 N–H and O–H groups in total. The van der Waals surface area contributed by atoms with Crippen LogP contribution in [0.3, 0.4) is 0 Å². The summed E-state index contributed by atoms with van der Waals surface area (Å²) in [5.74, 6) is 1.19. The van der Waals surface area contributed by atoms with Gasteiger partial charge in [0.25, 0.3) is 5.88 Å². The second-order valence-corrected chi connectivity index (χ2v) is 5.98. The molecule has 2 rings (SSSR count). The summed E-state index contributed by atoms with van der Waals surface area (Å²) >= 11 is 3.48. The Bertz CT molecular complexity index is 693. The van der Waals surface area contributed by atoms with Crippen molar-refractivity contribution >= 4 is 15.9 Å². The summed E-state index contributed by atoms with van der Waals surface area (Å²) in [6.07, 6.45) is 6.39. The highest BCUT2D eigenvalue weighted by atomic mass is 79.9. The Balaban J connectivity index is 1.83. The van der Waals surface area contributed by atoms with E-state index in [1.807, 2.05) is 48.6 Å². The zero-order chi connectivity index (χ0) is 17.2. The van der Waals surface area contributed by atoms with Crippen molar-refractivity contribution < 1.29 is 9.26 Å². The number of hydrogen-bond acceptors (Lipinski definition) is 4. The third-order valence-electron chi connectivity index (χ3n) is 3.19. The molecule has 0 amide bonds. The van der Waals surface area contributed by atoms with Crippen LogP contribution in [0.2, 0.25) is 0 Å². The van der Waals surface area contributed by atoms with Crippen molar-refractivity contribution in [1.82, 2.24) is 10.5 Å². The fourth-order valence-electron chi connectivity index (χ4n) is 1.96. The molecule has 0 aliphatic rings. The Labute approximate surface area is 151 Å². The minimum absolute atomic E-state index is 0.451. The van der Waals surface area contributed by atoms with Crippen molar-refractivity contribution in [2.45, 2.75) is 13.0 Å². The summed E-state index contributed by atoms with van der Waals surface area (Å²) in [7, 11) is 0. The fourth-order valence-corrected chi connectivity index (χ4v) is 2.39. The van der Waals surface area contributed by atoms with E-state index in [4.69, 9.17) is 9.26 Å². The van der Waals surface area contributed by atoms with E-state index >= 15 is 0 Å². The summed E-state index contributed by atoms with van der Waals surface area (Å²) < 4.78 is 11.8. The molecule has 0 bridgehead atoms. The summed E-state index contributed by atoms with van der Waals surface area (Å²) in [5, 5.41) is 7.16. The van der Waals surface area contributed by atoms with E-state index < -0.39 is 0 Å². The van der Waals surface area contributed by atoms with Gasteiger partial charge in [0, 0.05) is 19.5 Å². The predicted octanol–water partition coefficient (Wildman–Crippen LogP) is 4.45. The molecule has 0 radical (unpaired) electrons. The molecular formula is C19H21BrN2O2. The van der Waals surface area contributed by atoms with Crippen LogP contribution in [0.1, 0.15) is 11.3 Å². The van der Waals surface area contributed by atoms with Crippen molar-refractivity contribution in [3.63, 3.8) is 0 Å². The molecule has 0 saturated heterocycles. The van der Waals surface area contributed by atoms with E-state index in [9.17, 15) is 0 Å². The number of allylic oxidation sites excluding steroid dienone is 1. The van der Waals surface area contributed by atoms with Gasteiger partial charge in [-0.25, -0.2) is 0 Å². The molecule has 0 unspecified atom stereocenters. The van der Waals surface area contributed by atoms with Gasteiger partial charge in [-0.15, -0.1) is 6.58 Å². The Morgan fingerprint density at radius 1 is 1.33 bits per heavy atom. The monoisotopic (exact) mass is 388 g/mol. The lowest BCUT2D eigenvalue weighted by atomic mass is 10.2. The Morgan fingerprint density at radius 3 is 2.88 bits per heavy atom. The Morgan fingerprint density at radius 2 is 2.12 bits per heavy atom. The van der Waals surface area contributed by atoms with Gasteiger partial charge in [-0.05, 0) is 32.2 Å². The Hall–Kier alpha value is -2.11. The smallest absolute Gasteiger partial charge is 0.269 e.